The van der Waals surface area contributed by atoms with Gasteiger partial charge in [0, 0.05) is 65.8 Å². The fraction of sp³-hybridized carbons (Fsp3) is 0.512. The van der Waals surface area contributed by atoms with Gasteiger partial charge in [-0.25, -0.2) is 9.59 Å². The highest BCUT2D eigenvalue weighted by molar-refractivity contribution is 5.92. The Morgan fingerprint density at radius 1 is 0.863 bits per heavy atom. The largest absolute Gasteiger partial charge is 0.479 e. The highest BCUT2D eigenvalue weighted by atomic mass is 16.5. The van der Waals surface area contributed by atoms with Crippen LogP contribution in [0.1, 0.15) is 95.2 Å². The third-order valence-electron chi connectivity index (χ3n) is 11.9. The number of ether oxygens (including phenoxy) is 1. The van der Waals surface area contributed by atoms with E-state index in [-0.39, 0.29) is 23.7 Å². The van der Waals surface area contributed by atoms with Crippen molar-refractivity contribution in [1.82, 2.24) is 20.6 Å². The zero-order valence-electron chi connectivity index (χ0n) is 30.7. The first kappa shape index (κ1) is 36.2. The first-order chi connectivity index (χ1) is 24.3. The van der Waals surface area contributed by atoms with Crippen molar-refractivity contribution in [3.05, 3.63) is 71.0 Å². The van der Waals surface area contributed by atoms with Gasteiger partial charge in [0.25, 0.3) is 0 Å². The van der Waals surface area contributed by atoms with Crippen LogP contribution in [0.3, 0.4) is 0 Å². The Kier molecular flexibility index (Phi) is 10.1. The lowest BCUT2D eigenvalue weighted by Gasteiger charge is -2.46. The van der Waals surface area contributed by atoms with E-state index >= 15 is 0 Å². The molecule has 272 valence electrons. The molecule has 3 aliphatic rings. The number of aryl methyl sites for hydroxylation is 1. The molecule has 0 radical (unpaired) electrons. The summed E-state index contributed by atoms with van der Waals surface area (Å²) >= 11 is 0. The van der Waals surface area contributed by atoms with Crippen LogP contribution in [0.25, 0.3) is 21.8 Å². The maximum absolute atomic E-state index is 12.6. The van der Waals surface area contributed by atoms with Crippen molar-refractivity contribution >= 4 is 45.6 Å². The summed E-state index contributed by atoms with van der Waals surface area (Å²) in [5, 5.41) is 18.2. The lowest BCUT2D eigenvalue weighted by Crippen LogP contribution is -2.58. The lowest BCUT2D eigenvalue weighted by atomic mass is 9.60. The van der Waals surface area contributed by atoms with E-state index in [4.69, 9.17) is 4.74 Å². The van der Waals surface area contributed by atoms with Gasteiger partial charge < -0.3 is 30.4 Å². The van der Waals surface area contributed by atoms with Gasteiger partial charge >= 0.3 is 11.9 Å². The number of aromatic amines is 2. The van der Waals surface area contributed by atoms with Gasteiger partial charge in [-0.2, -0.15) is 0 Å². The molecule has 51 heavy (non-hydrogen) atoms. The quantitative estimate of drug-likeness (QED) is 0.144. The molecule has 3 aliphatic carbocycles. The van der Waals surface area contributed by atoms with Crippen molar-refractivity contribution < 1.29 is 29.0 Å². The fourth-order valence-electron chi connectivity index (χ4n) is 9.60. The van der Waals surface area contributed by atoms with Crippen molar-refractivity contribution in [1.29, 1.82) is 0 Å². The second kappa shape index (κ2) is 14.2. The van der Waals surface area contributed by atoms with E-state index in [0.29, 0.717) is 55.8 Å². The van der Waals surface area contributed by atoms with Crippen LogP contribution in [0.4, 0.5) is 0 Å². The summed E-state index contributed by atoms with van der Waals surface area (Å²) in [5.41, 5.74) is 4.40. The molecule has 1 fully saturated rings. The van der Waals surface area contributed by atoms with E-state index in [2.05, 4.69) is 53.5 Å². The van der Waals surface area contributed by atoms with Crippen LogP contribution in [0.2, 0.25) is 0 Å². The summed E-state index contributed by atoms with van der Waals surface area (Å²) in [6.07, 6.45) is 6.01. The molecule has 0 bridgehead atoms. The van der Waals surface area contributed by atoms with Crippen molar-refractivity contribution in [3.63, 3.8) is 0 Å². The number of amides is 2. The number of hydrogen-bond donors (Lipinski definition) is 5. The summed E-state index contributed by atoms with van der Waals surface area (Å²) in [4.78, 5) is 55.5. The monoisotopic (exact) mass is 696 g/mol. The summed E-state index contributed by atoms with van der Waals surface area (Å²) < 4.78 is 4.93. The van der Waals surface area contributed by atoms with E-state index in [1.54, 1.807) is 0 Å². The Bertz CT molecular complexity index is 1960. The molecule has 7 rings (SSSR count). The first-order valence-corrected chi connectivity index (χ1v) is 18.3. The van der Waals surface area contributed by atoms with Gasteiger partial charge in [-0.15, -0.1) is 0 Å². The molecular formula is C41H52N4O6. The molecule has 10 nitrogen and oxygen atoms in total. The number of fused-ring (bicyclic) bond motifs is 6. The number of carbonyl (C=O) groups excluding carboxylic acids is 3. The molecular weight excluding hydrogens is 644 g/mol. The van der Waals surface area contributed by atoms with Crippen LogP contribution in [0, 0.1) is 23.7 Å². The minimum atomic E-state index is -1.25. The topological polar surface area (TPSA) is 153 Å². The molecule has 0 saturated heterocycles. The number of aliphatic carboxylic acids is 1. The van der Waals surface area contributed by atoms with Gasteiger partial charge in [0.2, 0.25) is 11.8 Å². The SMILES string of the molecule is CC(=O)NC1(C(=O)O)Cc2c([nH]c3ccccc23)C(C2CC(C)CCC2C(C)C)C1.COC(=O)C1(NC(C)=O)CCc2[nH]c3ccccc3c2C1. The standard InChI is InChI=1S/C25H34N2O3.C16H18N2O3/c1-14(2)17-10-9-15(3)11-19(17)21-13-25(24(29)30,27-16(4)28)12-20-18-7-5-6-8-22(18)26-23(20)21;1-10(19)18-16(15(20)21-2)8-7-14-12(9-16)11-5-3-4-6-13(11)17-14/h5-8,14-15,17,19,21,26H,9-13H2,1-4H3,(H,27,28)(H,29,30);3-6,17H,7-9H2,1-2H3,(H,18,19). The van der Waals surface area contributed by atoms with E-state index in [9.17, 15) is 24.3 Å². The van der Waals surface area contributed by atoms with Crippen LogP contribution < -0.4 is 10.6 Å². The molecule has 6 atom stereocenters. The molecule has 5 N–H and O–H groups in total. The van der Waals surface area contributed by atoms with Crippen LogP contribution in [0.15, 0.2) is 48.5 Å². The van der Waals surface area contributed by atoms with Crippen LogP contribution >= 0.6 is 0 Å². The smallest absolute Gasteiger partial charge is 0.331 e. The molecule has 0 spiro atoms. The van der Waals surface area contributed by atoms with E-state index in [0.717, 1.165) is 45.0 Å². The Hall–Kier alpha value is -4.60. The molecule has 4 aromatic rings. The number of nitrogens with one attached hydrogen (secondary N) is 4. The van der Waals surface area contributed by atoms with Gasteiger partial charge in [0.05, 0.1) is 7.11 Å². The molecule has 10 heteroatoms. The van der Waals surface area contributed by atoms with Gasteiger partial charge in [0.1, 0.15) is 11.1 Å². The van der Waals surface area contributed by atoms with Gasteiger partial charge in [-0.05, 0) is 79.0 Å². The van der Waals surface area contributed by atoms with Crippen molar-refractivity contribution in [2.45, 2.75) is 103 Å². The number of rotatable bonds is 6. The predicted molar refractivity (Wildman–Crippen MR) is 197 cm³/mol. The molecule has 2 amide bonds. The second-order valence-corrected chi connectivity index (χ2v) is 15.7. The van der Waals surface area contributed by atoms with Gasteiger partial charge in [0.15, 0.2) is 0 Å². The normalized spacial score (nSPS) is 27.1. The van der Waals surface area contributed by atoms with Crippen molar-refractivity contribution in [2.24, 2.45) is 23.7 Å². The number of esters is 1. The average molecular weight is 697 g/mol. The Morgan fingerprint density at radius 2 is 1.45 bits per heavy atom. The molecule has 2 aromatic carbocycles. The number of methoxy groups -OCH3 is 1. The summed E-state index contributed by atoms with van der Waals surface area (Å²) in [6.45, 7) is 9.75. The molecule has 6 unspecified atom stereocenters. The average Bonchev–Trinajstić information content (AvgIpc) is 3.65. The highest BCUT2D eigenvalue weighted by Crippen LogP contribution is 2.52. The second-order valence-electron chi connectivity index (χ2n) is 15.7. The Balaban J connectivity index is 0.000000187. The van der Waals surface area contributed by atoms with E-state index in [1.165, 1.54) is 39.5 Å². The third-order valence-corrected chi connectivity index (χ3v) is 11.9. The molecule has 2 aromatic heterocycles. The number of carbonyl (C=O) groups is 4. The Labute approximate surface area is 299 Å². The van der Waals surface area contributed by atoms with Crippen LogP contribution in [-0.2, 0) is 43.2 Å². The van der Waals surface area contributed by atoms with Crippen molar-refractivity contribution in [2.75, 3.05) is 7.11 Å². The number of carboxylic acids is 1. The molecule has 2 heterocycles. The van der Waals surface area contributed by atoms with Crippen LogP contribution in [-0.4, -0.2) is 57.0 Å². The number of para-hydroxylation sites is 2. The highest BCUT2D eigenvalue weighted by Gasteiger charge is 2.51. The fourth-order valence-corrected chi connectivity index (χ4v) is 9.60. The maximum Gasteiger partial charge on any atom is 0.331 e. The minimum Gasteiger partial charge on any atom is -0.479 e. The van der Waals surface area contributed by atoms with Gasteiger partial charge in [-0.1, -0.05) is 63.6 Å². The summed E-state index contributed by atoms with van der Waals surface area (Å²) in [7, 11) is 1.36. The number of H-pyrrole nitrogens is 2. The molecule has 0 aliphatic heterocycles. The van der Waals surface area contributed by atoms with E-state index in [1.807, 2.05) is 36.4 Å². The summed E-state index contributed by atoms with van der Waals surface area (Å²) in [6, 6.07) is 16.1. The predicted octanol–water partition coefficient (Wildman–Crippen LogP) is 6.57. The van der Waals surface area contributed by atoms with Crippen molar-refractivity contribution in [3.8, 4) is 0 Å². The summed E-state index contributed by atoms with van der Waals surface area (Å²) in [5.74, 6) is 0.453. The van der Waals surface area contributed by atoms with E-state index < -0.39 is 17.0 Å². The number of hydrogen-bond acceptors (Lipinski definition) is 5. The number of benzene rings is 2. The Morgan fingerprint density at radius 3 is 2.06 bits per heavy atom. The lowest BCUT2D eigenvalue weighted by molar-refractivity contribution is -0.151. The maximum atomic E-state index is 12.6. The first-order valence-electron chi connectivity index (χ1n) is 18.3. The zero-order chi connectivity index (χ0) is 36.7. The number of aromatic nitrogens is 2. The van der Waals surface area contributed by atoms with Crippen LogP contribution in [0.5, 0.6) is 0 Å². The zero-order valence-corrected chi connectivity index (χ0v) is 30.7. The third kappa shape index (κ3) is 6.89. The minimum absolute atomic E-state index is 0.0965. The number of carboxylic acid groups (broad SMARTS) is 1. The van der Waals surface area contributed by atoms with Gasteiger partial charge in [-0.3, -0.25) is 9.59 Å². The molecule has 1 saturated carbocycles.